The Kier molecular flexibility index (Phi) is 5.71. The predicted octanol–water partition coefficient (Wildman–Crippen LogP) is 4.05. The van der Waals surface area contributed by atoms with E-state index >= 15 is 0 Å². The third-order valence-corrected chi connectivity index (χ3v) is 4.68. The summed E-state index contributed by atoms with van der Waals surface area (Å²) in [6.07, 6.45) is 0. The number of rotatable bonds is 5. The smallest absolute Gasteiger partial charge is 0.339 e. The average molecular weight is 428 g/mol. The van der Waals surface area contributed by atoms with Crippen LogP contribution in [0.4, 0.5) is 5.69 Å². The molecule has 7 heteroatoms. The van der Waals surface area contributed by atoms with Crippen molar-refractivity contribution < 1.29 is 14.3 Å². The molecule has 3 aromatic rings. The number of carbonyl (C=O) groups excluding carboxylic acids is 2. The van der Waals surface area contributed by atoms with Gasteiger partial charge in [-0.1, -0.05) is 30.3 Å². The zero-order valence-corrected chi connectivity index (χ0v) is 16.5. The summed E-state index contributed by atoms with van der Waals surface area (Å²) in [7, 11) is 0. The minimum atomic E-state index is -0.564. The van der Waals surface area contributed by atoms with Crippen LogP contribution in [-0.4, -0.2) is 28.3 Å². The number of anilines is 1. The van der Waals surface area contributed by atoms with Gasteiger partial charge < -0.3 is 10.1 Å². The molecule has 0 spiro atoms. The highest BCUT2D eigenvalue weighted by atomic mass is 79.9. The van der Waals surface area contributed by atoms with Crippen LogP contribution < -0.4 is 5.32 Å². The number of hydrogen-bond acceptors (Lipinski definition) is 4. The first-order chi connectivity index (χ1) is 13.0. The fourth-order valence-electron chi connectivity index (χ4n) is 2.66. The quantitative estimate of drug-likeness (QED) is 0.623. The number of carbonyl (C=O) groups is 2. The first-order valence-electron chi connectivity index (χ1n) is 8.30. The fourth-order valence-corrected chi connectivity index (χ4v) is 3.10. The van der Waals surface area contributed by atoms with Crippen LogP contribution in [0.15, 0.2) is 59.1 Å². The molecule has 0 aliphatic heterocycles. The molecule has 0 atom stereocenters. The molecule has 1 aromatic heterocycles. The maximum absolute atomic E-state index is 12.2. The summed E-state index contributed by atoms with van der Waals surface area (Å²) in [5.41, 5.74) is 3.36. The van der Waals surface area contributed by atoms with E-state index < -0.39 is 11.9 Å². The van der Waals surface area contributed by atoms with Gasteiger partial charge in [-0.25, -0.2) is 9.48 Å². The number of para-hydroxylation sites is 1. The summed E-state index contributed by atoms with van der Waals surface area (Å²) in [5, 5.41) is 7.25. The van der Waals surface area contributed by atoms with E-state index in [0.717, 1.165) is 11.4 Å². The van der Waals surface area contributed by atoms with Gasteiger partial charge in [0.1, 0.15) is 0 Å². The third-order valence-electron chi connectivity index (χ3n) is 3.98. The first kappa shape index (κ1) is 18.8. The molecule has 1 heterocycles. The van der Waals surface area contributed by atoms with Crippen molar-refractivity contribution in [1.29, 1.82) is 0 Å². The summed E-state index contributed by atoms with van der Waals surface area (Å²) in [4.78, 5) is 24.3. The van der Waals surface area contributed by atoms with Crippen molar-refractivity contribution in [2.75, 3.05) is 11.9 Å². The number of aryl methyl sites for hydroxylation is 1. The zero-order chi connectivity index (χ0) is 19.4. The number of esters is 1. The second-order valence-electron chi connectivity index (χ2n) is 5.90. The zero-order valence-electron chi connectivity index (χ0n) is 14.9. The Morgan fingerprint density at radius 1 is 1.07 bits per heavy atom. The molecule has 0 bridgehead atoms. The standard InChI is InChI=1S/C20H18BrN3O3/c1-13-19(14(2)24(23-13)15-8-4-3-5-9-15)22-18(25)12-27-20(26)16-10-6-7-11-17(16)21/h3-11H,12H2,1-2H3,(H,22,25). The number of ether oxygens (including phenoxy) is 1. The number of nitrogens with one attached hydrogen (secondary N) is 1. The molecule has 0 aliphatic rings. The van der Waals surface area contributed by atoms with Crippen molar-refractivity contribution in [3.05, 3.63) is 76.0 Å². The van der Waals surface area contributed by atoms with E-state index in [2.05, 4.69) is 26.3 Å². The molecule has 0 fully saturated rings. The second-order valence-corrected chi connectivity index (χ2v) is 6.75. The predicted molar refractivity (Wildman–Crippen MR) is 106 cm³/mol. The number of aromatic nitrogens is 2. The molecule has 1 amide bonds. The highest BCUT2D eigenvalue weighted by molar-refractivity contribution is 9.10. The van der Waals surface area contributed by atoms with Crippen LogP contribution in [0, 0.1) is 13.8 Å². The molecule has 0 radical (unpaired) electrons. The van der Waals surface area contributed by atoms with Crippen LogP contribution in [0.25, 0.3) is 5.69 Å². The summed E-state index contributed by atoms with van der Waals surface area (Å²) in [6, 6.07) is 16.5. The van der Waals surface area contributed by atoms with Crippen LogP contribution in [0.5, 0.6) is 0 Å². The van der Waals surface area contributed by atoms with Crippen LogP contribution in [0.3, 0.4) is 0 Å². The van der Waals surface area contributed by atoms with Gasteiger partial charge in [-0.05, 0) is 54.0 Å². The van der Waals surface area contributed by atoms with E-state index in [0.29, 0.717) is 21.4 Å². The Morgan fingerprint density at radius 3 is 2.44 bits per heavy atom. The molecular weight excluding hydrogens is 410 g/mol. The van der Waals surface area contributed by atoms with Gasteiger partial charge in [-0.3, -0.25) is 4.79 Å². The number of hydrogen-bond donors (Lipinski definition) is 1. The van der Waals surface area contributed by atoms with Crippen LogP contribution in [0.1, 0.15) is 21.7 Å². The van der Waals surface area contributed by atoms with Crippen molar-refractivity contribution in [2.45, 2.75) is 13.8 Å². The van der Waals surface area contributed by atoms with E-state index in [1.54, 1.807) is 28.9 Å². The van der Waals surface area contributed by atoms with Gasteiger partial charge in [-0.2, -0.15) is 5.10 Å². The molecule has 0 aliphatic carbocycles. The lowest BCUT2D eigenvalue weighted by Crippen LogP contribution is -2.21. The Labute approximate surface area is 165 Å². The molecular formula is C20H18BrN3O3. The molecule has 0 unspecified atom stereocenters. The molecule has 6 nitrogen and oxygen atoms in total. The van der Waals surface area contributed by atoms with Gasteiger partial charge >= 0.3 is 5.97 Å². The normalized spacial score (nSPS) is 10.5. The highest BCUT2D eigenvalue weighted by Gasteiger charge is 2.17. The van der Waals surface area contributed by atoms with Crippen molar-refractivity contribution in [3.63, 3.8) is 0 Å². The van der Waals surface area contributed by atoms with Gasteiger partial charge in [0.15, 0.2) is 6.61 Å². The van der Waals surface area contributed by atoms with Gasteiger partial charge in [-0.15, -0.1) is 0 Å². The van der Waals surface area contributed by atoms with E-state index in [1.165, 1.54) is 0 Å². The van der Waals surface area contributed by atoms with Gasteiger partial charge in [0.05, 0.1) is 28.3 Å². The summed E-state index contributed by atoms with van der Waals surface area (Å²) in [5.74, 6) is -0.986. The van der Waals surface area contributed by atoms with Crippen LogP contribution in [0.2, 0.25) is 0 Å². The summed E-state index contributed by atoms with van der Waals surface area (Å²) < 4.78 is 7.48. The van der Waals surface area contributed by atoms with Crippen molar-refractivity contribution in [1.82, 2.24) is 9.78 Å². The Bertz CT molecular complexity index is 983. The fraction of sp³-hybridized carbons (Fsp3) is 0.150. The van der Waals surface area contributed by atoms with E-state index in [9.17, 15) is 9.59 Å². The van der Waals surface area contributed by atoms with Crippen LogP contribution in [-0.2, 0) is 9.53 Å². The lowest BCUT2D eigenvalue weighted by Gasteiger charge is -2.08. The minimum absolute atomic E-state index is 0.370. The number of amides is 1. The largest absolute Gasteiger partial charge is 0.452 e. The van der Waals surface area contributed by atoms with E-state index in [-0.39, 0.29) is 6.61 Å². The molecule has 2 aromatic carbocycles. The molecule has 0 saturated carbocycles. The molecule has 27 heavy (non-hydrogen) atoms. The first-order valence-corrected chi connectivity index (χ1v) is 9.10. The molecule has 0 saturated heterocycles. The topological polar surface area (TPSA) is 73.2 Å². The number of halogens is 1. The maximum Gasteiger partial charge on any atom is 0.339 e. The minimum Gasteiger partial charge on any atom is -0.452 e. The van der Waals surface area contributed by atoms with E-state index in [1.807, 2.05) is 44.2 Å². The van der Waals surface area contributed by atoms with E-state index in [4.69, 9.17) is 4.74 Å². The Hall–Kier alpha value is -2.93. The summed E-state index contributed by atoms with van der Waals surface area (Å²) in [6.45, 7) is 3.31. The molecule has 3 rings (SSSR count). The molecule has 1 N–H and O–H groups in total. The lowest BCUT2D eigenvalue weighted by atomic mass is 10.2. The summed E-state index contributed by atoms with van der Waals surface area (Å²) >= 11 is 3.29. The number of nitrogens with zero attached hydrogens (tertiary/aromatic N) is 2. The average Bonchev–Trinajstić information content (AvgIpc) is 2.95. The molecule has 138 valence electrons. The van der Waals surface area contributed by atoms with Gasteiger partial charge in [0.25, 0.3) is 5.91 Å². The van der Waals surface area contributed by atoms with Crippen molar-refractivity contribution >= 4 is 33.5 Å². The van der Waals surface area contributed by atoms with Crippen molar-refractivity contribution in [2.24, 2.45) is 0 Å². The maximum atomic E-state index is 12.2. The SMILES string of the molecule is Cc1nn(-c2ccccc2)c(C)c1NC(=O)COC(=O)c1ccccc1Br. The monoisotopic (exact) mass is 427 g/mol. The highest BCUT2D eigenvalue weighted by Crippen LogP contribution is 2.23. The lowest BCUT2D eigenvalue weighted by molar-refractivity contribution is -0.119. The van der Waals surface area contributed by atoms with Gasteiger partial charge in [0.2, 0.25) is 0 Å². The Morgan fingerprint density at radius 2 is 1.74 bits per heavy atom. The van der Waals surface area contributed by atoms with Crippen LogP contribution >= 0.6 is 15.9 Å². The number of benzene rings is 2. The van der Waals surface area contributed by atoms with Crippen molar-refractivity contribution in [3.8, 4) is 5.69 Å². The Balaban J connectivity index is 1.67. The van der Waals surface area contributed by atoms with Gasteiger partial charge in [0, 0.05) is 4.47 Å². The third kappa shape index (κ3) is 4.25. The second kappa shape index (κ2) is 8.18.